The second kappa shape index (κ2) is 6.63. The Morgan fingerprint density at radius 1 is 1.39 bits per heavy atom. The van der Waals surface area contributed by atoms with E-state index >= 15 is 0 Å². The van der Waals surface area contributed by atoms with E-state index in [2.05, 4.69) is 15.6 Å². The molecule has 0 aliphatic carbocycles. The van der Waals surface area contributed by atoms with Crippen LogP contribution in [0, 0.1) is 11.6 Å². The second-order valence-corrected chi connectivity index (χ2v) is 5.73. The predicted molar refractivity (Wildman–Crippen MR) is 70.3 cm³/mol. The zero-order valence-corrected chi connectivity index (χ0v) is 11.4. The summed E-state index contributed by atoms with van der Waals surface area (Å²) in [5, 5.41) is 5.33. The zero-order valence-electron chi connectivity index (χ0n) is 10.6. The third-order valence-corrected chi connectivity index (χ3v) is 3.95. The first-order chi connectivity index (χ1) is 8.45. The molecular weight excluding hydrogens is 260 g/mol. The third-order valence-electron chi connectivity index (χ3n) is 2.58. The molecule has 4 nitrogen and oxygen atoms in total. The lowest BCUT2D eigenvalue weighted by atomic mass is 10.3. The Kier molecular flexibility index (Phi) is 5.46. The van der Waals surface area contributed by atoms with Crippen LogP contribution in [0.2, 0.25) is 0 Å². The molecule has 1 aromatic rings. The Morgan fingerprint density at radius 3 is 2.56 bits per heavy atom. The van der Waals surface area contributed by atoms with Gasteiger partial charge in [0.1, 0.15) is 0 Å². The van der Waals surface area contributed by atoms with Crippen molar-refractivity contribution in [2.24, 2.45) is 0 Å². The molecule has 1 heterocycles. The molecule has 2 N–H and O–H groups in total. The van der Waals surface area contributed by atoms with E-state index in [1.807, 2.05) is 6.92 Å². The van der Waals surface area contributed by atoms with Crippen molar-refractivity contribution in [1.82, 2.24) is 4.98 Å². The Morgan fingerprint density at radius 2 is 2.00 bits per heavy atom. The van der Waals surface area contributed by atoms with E-state index in [1.54, 1.807) is 6.26 Å². The molecule has 0 aliphatic rings. The summed E-state index contributed by atoms with van der Waals surface area (Å²) in [6, 6.07) is 0.780. The van der Waals surface area contributed by atoms with Gasteiger partial charge in [-0.1, -0.05) is 6.92 Å². The molecule has 1 rings (SSSR count). The van der Waals surface area contributed by atoms with Crippen LogP contribution in [0.25, 0.3) is 0 Å². The molecule has 18 heavy (non-hydrogen) atoms. The molecule has 1 aromatic heterocycles. The van der Waals surface area contributed by atoms with Gasteiger partial charge in [0.15, 0.2) is 23.3 Å². The average molecular weight is 277 g/mol. The van der Waals surface area contributed by atoms with Gasteiger partial charge in [-0.3, -0.25) is 4.21 Å². The summed E-state index contributed by atoms with van der Waals surface area (Å²) in [5.41, 5.74) is 0. The van der Waals surface area contributed by atoms with Gasteiger partial charge in [0.25, 0.3) is 0 Å². The average Bonchev–Trinajstić information content (AvgIpc) is 2.31. The molecule has 0 aliphatic heterocycles. The van der Waals surface area contributed by atoms with Gasteiger partial charge in [0.2, 0.25) is 0 Å². The Bertz CT molecular complexity index is 443. The molecule has 0 saturated carbocycles. The lowest BCUT2D eigenvalue weighted by Crippen LogP contribution is -2.16. The highest BCUT2D eigenvalue weighted by molar-refractivity contribution is 7.84. The summed E-state index contributed by atoms with van der Waals surface area (Å²) in [4.78, 5) is 3.78. The van der Waals surface area contributed by atoms with Crippen LogP contribution in [0.3, 0.4) is 0 Å². The van der Waals surface area contributed by atoms with Crippen LogP contribution in [-0.2, 0) is 10.8 Å². The summed E-state index contributed by atoms with van der Waals surface area (Å²) in [5.74, 6) is -1.48. The zero-order chi connectivity index (χ0) is 13.7. The number of nitrogens with one attached hydrogen (secondary N) is 2. The van der Waals surface area contributed by atoms with Gasteiger partial charge in [-0.15, -0.1) is 0 Å². The van der Waals surface area contributed by atoms with Gasteiger partial charge in [-0.2, -0.15) is 0 Å². The SMILES string of the molecule is CNc1nc(NCCC(C)S(C)=O)c(F)cc1F. The highest BCUT2D eigenvalue weighted by Gasteiger charge is 2.11. The highest BCUT2D eigenvalue weighted by atomic mass is 32.2. The maximum atomic E-state index is 13.4. The smallest absolute Gasteiger partial charge is 0.168 e. The molecule has 0 bridgehead atoms. The molecule has 0 aromatic carbocycles. The van der Waals surface area contributed by atoms with E-state index in [9.17, 15) is 13.0 Å². The van der Waals surface area contributed by atoms with Crippen molar-refractivity contribution in [2.45, 2.75) is 18.6 Å². The molecule has 7 heteroatoms. The molecular formula is C11H17F2N3OS. The van der Waals surface area contributed by atoms with E-state index in [1.165, 1.54) is 7.05 Å². The normalized spacial score (nSPS) is 14.1. The molecule has 0 radical (unpaired) electrons. The van der Waals surface area contributed by atoms with Crippen molar-refractivity contribution < 1.29 is 13.0 Å². The maximum Gasteiger partial charge on any atom is 0.168 e. The van der Waals surface area contributed by atoms with Gasteiger partial charge < -0.3 is 10.6 Å². The fraction of sp³-hybridized carbons (Fsp3) is 0.545. The van der Waals surface area contributed by atoms with E-state index in [0.29, 0.717) is 13.0 Å². The molecule has 102 valence electrons. The number of aromatic nitrogens is 1. The summed E-state index contributed by atoms with van der Waals surface area (Å²) >= 11 is 0. The lowest BCUT2D eigenvalue weighted by molar-refractivity contribution is 0.578. The molecule has 0 fully saturated rings. The molecule has 0 saturated heterocycles. The van der Waals surface area contributed by atoms with Crippen molar-refractivity contribution in [1.29, 1.82) is 0 Å². The van der Waals surface area contributed by atoms with Crippen LogP contribution in [0.4, 0.5) is 20.4 Å². The van der Waals surface area contributed by atoms with Crippen LogP contribution >= 0.6 is 0 Å². The molecule has 0 spiro atoms. The monoisotopic (exact) mass is 277 g/mol. The van der Waals surface area contributed by atoms with Crippen LogP contribution in [-0.4, -0.2) is 34.3 Å². The van der Waals surface area contributed by atoms with Gasteiger partial charge in [-0.25, -0.2) is 13.8 Å². The van der Waals surface area contributed by atoms with E-state index < -0.39 is 22.4 Å². The number of pyridine rings is 1. The van der Waals surface area contributed by atoms with Crippen LogP contribution in [0.5, 0.6) is 0 Å². The van der Waals surface area contributed by atoms with Gasteiger partial charge in [-0.05, 0) is 6.42 Å². The van der Waals surface area contributed by atoms with Gasteiger partial charge >= 0.3 is 0 Å². The van der Waals surface area contributed by atoms with Crippen molar-refractivity contribution >= 4 is 22.4 Å². The first-order valence-electron chi connectivity index (χ1n) is 5.55. The first kappa shape index (κ1) is 14.8. The summed E-state index contributed by atoms with van der Waals surface area (Å²) in [6.07, 6.45) is 2.25. The van der Waals surface area contributed by atoms with Crippen molar-refractivity contribution in [2.75, 3.05) is 30.5 Å². The Balaban J connectivity index is 2.65. The number of rotatable bonds is 6. The predicted octanol–water partition coefficient (Wildman–Crippen LogP) is 1.97. The second-order valence-electron chi connectivity index (χ2n) is 3.92. The fourth-order valence-electron chi connectivity index (χ4n) is 1.33. The minimum atomic E-state index is -0.910. The Labute approximate surface area is 108 Å². The minimum absolute atomic E-state index is 0.00478. The van der Waals surface area contributed by atoms with Crippen LogP contribution in [0.1, 0.15) is 13.3 Å². The van der Waals surface area contributed by atoms with Gasteiger partial charge in [0, 0.05) is 42.0 Å². The molecule has 0 amide bonds. The summed E-state index contributed by atoms with van der Waals surface area (Å²) < 4.78 is 37.7. The Hall–Kier alpha value is -1.24. The van der Waals surface area contributed by atoms with Crippen molar-refractivity contribution in [3.63, 3.8) is 0 Å². The molecule has 2 unspecified atom stereocenters. The first-order valence-corrected chi connectivity index (χ1v) is 7.17. The molecule has 2 atom stereocenters. The minimum Gasteiger partial charge on any atom is -0.371 e. The highest BCUT2D eigenvalue weighted by Crippen LogP contribution is 2.18. The standard InChI is InChI=1S/C11H17F2N3OS/c1-7(18(3)17)4-5-15-11-9(13)6-8(12)10(14-2)16-11/h6-7H,4-5H2,1-3H3,(H2,14,15,16). The number of anilines is 2. The van der Waals surface area contributed by atoms with E-state index in [-0.39, 0.29) is 16.9 Å². The van der Waals surface area contributed by atoms with Crippen molar-refractivity contribution in [3.05, 3.63) is 17.7 Å². The summed E-state index contributed by atoms with van der Waals surface area (Å²) in [6.45, 7) is 2.28. The van der Waals surface area contributed by atoms with Crippen LogP contribution in [0.15, 0.2) is 6.07 Å². The maximum absolute atomic E-state index is 13.4. The number of hydrogen-bond donors (Lipinski definition) is 2. The number of halogens is 2. The topological polar surface area (TPSA) is 54.0 Å². The van der Waals surface area contributed by atoms with E-state index in [0.717, 1.165) is 6.07 Å². The van der Waals surface area contributed by atoms with Crippen LogP contribution < -0.4 is 10.6 Å². The quantitative estimate of drug-likeness (QED) is 0.834. The third kappa shape index (κ3) is 3.90. The van der Waals surface area contributed by atoms with Crippen molar-refractivity contribution in [3.8, 4) is 0 Å². The number of hydrogen-bond acceptors (Lipinski definition) is 4. The van der Waals surface area contributed by atoms with E-state index in [4.69, 9.17) is 0 Å². The summed E-state index contributed by atoms with van der Waals surface area (Å²) in [7, 11) is 0.600. The largest absolute Gasteiger partial charge is 0.371 e. The lowest BCUT2D eigenvalue weighted by Gasteiger charge is -2.11. The van der Waals surface area contributed by atoms with Gasteiger partial charge in [0.05, 0.1) is 0 Å². The number of nitrogens with zero attached hydrogens (tertiary/aromatic N) is 1. The fourth-order valence-corrected chi connectivity index (χ4v) is 1.78.